The number of fused-ring (bicyclic) bond motifs is 1. The second-order valence-corrected chi connectivity index (χ2v) is 7.91. The van der Waals surface area contributed by atoms with Crippen molar-refractivity contribution in [2.24, 2.45) is 7.05 Å². The number of likely N-dealkylation sites (tertiary alicyclic amines) is 1. The van der Waals surface area contributed by atoms with Gasteiger partial charge in [-0.1, -0.05) is 0 Å². The SMILES string of the molecule is CO[C@H]1CSC2(C1)CN(C(=O)c1ccc3c(ccn3C)c1)C2. The van der Waals surface area contributed by atoms with E-state index < -0.39 is 0 Å². The average Bonchev–Trinajstić information content (AvgIpc) is 3.09. The van der Waals surface area contributed by atoms with Crippen molar-refractivity contribution >= 4 is 28.6 Å². The first-order valence-electron chi connectivity index (χ1n) is 7.61. The van der Waals surface area contributed by atoms with Crippen LogP contribution in [-0.4, -0.2) is 52.2 Å². The van der Waals surface area contributed by atoms with Gasteiger partial charge in [0.15, 0.2) is 0 Å². The lowest BCUT2D eigenvalue weighted by atomic mass is 9.92. The number of amides is 1. The Hall–Kier alpha value is -1.46. The number of methoxy groups -OCH3 is 1. The molecule has 4 nitrogen and oxygen atoms in total. The van der Waals surface area contributed by atoms with Gasteiger partial charge < -0.3 is 14.2 Å². The number of aryl methyl sites for hydroxylation is 1. The van der Waals surface area contributed by atoms with E-state index in [0.29, 0.717) is 6.10 Å². The summed E-state index contributed by atoms with van der Waals surface area (Å²) in [6, 6.07) is 8.03. The van der Waals surface area contributed by atoms with Crippen LogP contribution in [0.15, 0.2) is 30.5 Å². The molecule has 0 aliphatic carbocycles. The zero-order valence-electron chi connectivity index (χ0n) is 12.9. The van der Waals surface area contributed by atoms with Crippen molar-refractivity contribution in [3.05, 3.63) is 36.0 Å². The van der Waals surface area contributed by atoms with Gasteiger partial charge in [-0.3, -0.25) is 4.79 Å². The van der Waals surface area contributed by atoms with Gasteiger partial charge in [-0.05, 0) is 30.7 Å². The maximum atomic E-state index is 12.6. The summed E-state index contributed by atoms with van der Waals surface area (Å²) in [7, 11) is 3.80. The van der Waals surface area contributed by atoms with Crippen LogP contribution in [0, 0.1) is 0 Å². The fourth-order valence-electron chi connectivity index (χ4n) is 3.56. The van der Waals surface area contributed by atoms with Crippen LogP contribution in [0.3, 0.4) is 0 Å². The van der Waals surface area contributed by atoms with Crippen molar-refractivity contribution in [1.29, 1.82) is 0 Å². The number of thioether (sulfide) groups is 1. The quantitative estimate of drug-likeness (QED) is 0.854. The number of carbonyl (C=O) groups excluding carboxylic acids is 1. The molecule has 0 unspecified atom stereocenters. The van der Waals surface area contributed by atoms with Crippen molar-refractivity contribution in [2.75, 3.05) is 26.0 Å². The van der Waals surface area contributed by atoms with Crippen LogP contribution in [0.4, 0.5) is 0 Å². The number of ether oxygens (including phenoxy) is 1. The summed E-state index contributed by atoms with van der Waals surface area (Å²) >= 11 is 1.96. The minimum absolute atomic E-state index is 0.151. The van der Waals surface area contributed by atoms with E-state index >= 15 is 0 Å². The molecule has 2 saturated heterocycles. The molecule has 1 amide bonds. The number of rotatable bonds is 2. The molecule has 5 heteroatoms. The number of nitrogens with zero attached hydrogens (tertiary/aromatic N) is 2. The van der Waals surface area contributed by atoms with Crippen molar-refractivity contribution in [1.82, 2.24) is 9.47 Å². The molecular formula is C17H20N2O2S. The summed E-state index contributed by atoms with van der Waals surface area (Å²) in [5.74, 6) is 1.20. The summed E-state index contributed by atoms with van der Waals surface area (Å²) in [6.07, 6.45) is 3.44. The number of hydrogen-bond acceptors (Lipinski definition) is 3. The third-order valence-electron chi connectivity index (χ3n) is 4.89. The lowest BCUT2D eigenvalue weighted by Crippen LogP contribution is -2.60. The number of aromatic nitrogens is 1. The van der Waals surface area contributed by atoms with Crippen molar-refractivity contribution in [3.8, 4) is 0 Å². The Balaban J connectivity index is 1.48. The van der Waals surface area contributed by atoms with Crippen LogP contribution in [0.2, 0.25) is 0 Å². The van der Waals surface area contributed by atoms with Gasteiger partial charge in [-0.15, -0.1) is 11.8 Å². The first kappa shape index (κ1) is 14.2. The first-order valence-corrected chi connectivity index (χ1v) is 8.60. The topological polar surface area (TPSA) is 34.5 Å². The molecule has 116 valence electrons. The van der Waals surface area contributed by atoms with Crippen LogP contribution in [0.1, 0.15) is 16.8 Å². The largest absolute Gasteiger partial charge is 0.381 e. The van der Waals surface area contributed by atoms with Crippen LogP contribution in [-0.2, 0) is 11.8 Å². The molecule has 2 aliphatic heterocycles. The molecular weight excluding hydrogens is 296 g/mol. The molecule has 2 aromatic rings. The van der Waals surface area contributed by atoms with E-state index in [-0.39, 0.29) is 10.7 Å². The molecule has 2 aliphatic rings. The molecule has 1 atom stereocenters. The monoisotopic (exact) mass is 316 g/mol. The highest BCUT2D eigenvalue weighted by Gasteiger charge is 2.50. The summed E-state index contributed by atoms with van der Waals surface area (Å²) in [5, 5.41) is 1.12. The maximum Gasteiger partial charge on any atom is 0.253 e. The molecule has 2 fully saturated rings. The molecule has 1 aromatic carbocycles. The van der Waals surface area contributed by atoms with E-state index in [2.05, 4.69) is 10.6 Å². The lowest BCUT2D eigenvalue weighted by Gasteiger charge is -2.47. The number of hydrogen-bond donors (Lipinski definition) is 0. The van der Waals surface area contributed by atoms with E-state index in [1.165, 1.54) is 0 Å². The van der Waals surface area contributed by atoms with Gasteiger partial charge in [0.1, 0.15) is 0 Å². The second kappa shape index (κ2) is 5.03. The van der Waals surface area contributed by atoms with Crippen molar-refractivity contribution < 1.29 is 9.53 Å². The predicted octanol–water partition coefficient (Wildman–Crippen LogP) is 2.52. The molecule has 1 spiro atoms. The Kier molecular flexibility index (Phi) is 3.24. The molecule has 0 N–H and O–H groups in total. The van der Waals surface area contributed by atoms with Gasteiger partial charge in [0.2, 0.25) is 0 Å². The Morgan fingerprint density at radius 3 is 2.91 bits per heavy atom. The van der Waals surface area contributed by atoms with Crippen molar-refractivity contribution in [2.45, 2.75) is 17.3 Å². The Labute approximate surface area is 134 Å². The summed E-state index contributed by atoms with van der Waals surface area (Å²) < 4.78 is 7.76. The van der Waals surface area contributed by atoms with Gasteiger partial charge in [-0.2, -0.15) is 0 Å². The zero-order chi connectivity index (χ0) is 15.3. The van der Waals surface area contributed by atoms with E-state index in [1.54, 1.807) is 7.11 Å². The highest BCUT2D eigenvalue weighted by molar-refractivity contribution is 8.01. The van der Waals surface area contributed by atoms with E-state index in [4.69, 9.17) is 4.74 Å². The van der Waals surface area contributed by atoms with Crippen LogP contribution >= 0.6 is 11.8 Å². The highest BCUT2D eigenvalue weighted by Crippen LogP contribution is 2.46. The highest BCUT2D eigenvalue weighted by atomic mass is 32.2. The predicted molar refractivity (Wildman–Crippen MR) is 89.4 cm³/mol. The minimum Gasteiger partial charge on any atom is -0.381 e. The van der Waals surface area contributed by atoms with Crippen LogP contribution in [0.5, 0.6) is 0 Å². The molecule has 22 heavy (non-hydrogen) atoms. The number of carbonyl (C=O) groups is 1. The van der Waals surface area contributed by atoms with Gasteiger partial charge in [0.25, 0.3) is 5.91 Å². The summed E-state index contributed by atoms with van der Waals surface area (Å²) in [4.78, 5) is 14.6. The minimum atomic E-state index is 0.151. The normalized spacial score (nSPS) is 23.2. The standard InChI is InChI=1S/C17H20N2O2S/c1-18-6-5-12-7-13(3-4-15(12)18)16(20)19-10-17(11-19)8-14(21-2)9-22-17/h3-7,14H,8-11H2,1-2H3/t14-/m1/s1. The van der Waals surface area contributed by atoms with Gasteiger partial charge in [-0.25, -0.2) is 0 Å². The molecule has 1 aromatic heterocycles. The second-order valence-electron chi connectivity index (χ2n) is 6.42. The Bertz CT molecular complexity index is 733. The molecule has 0 saturated carbocycles. The van der Waals surface area contributed by atoms with Crippen molar-refractivity contribution in [3.63, 3.8) is 0 Å². The summed E-state index contributed by atoms with van der Waals surface area (Å²) in [5.41, 5.74) is 1.95. The average molecular weight is 316 g/mol. The fourth-order valence-corrected chi connectivity index (χ4v) is 5.16. The van der Waals surface area contributed by atoms with Gasteiger partial charge in [0.05, 0.1) is 10.9 Å². The summed E-state index contributed by atoms with van der Waals surface area (Å²) in [6.45, 7) is 1.70. The molecule has 0 bridgehead atoms. The van der Waals surface area contributed by atoms with Crippen LogP contribution in [0.25, 0.3) is 10.9 Å². The zero-order valence-corrected chi connectivity index (χ0v) is 13.7. The van der Waals surface area contributed by atoms with Gasteiger partial charge >= 0.3 is 0 Å². The third kappa shape index (κ3) is 2.15. The van der Waals surface area contributed by atoms with E-state index in [0.717, 1.165) is 41.7 Å². The van der Waals surface area contributed by atoms with Gasteiger partial charge in [0, 0.05) is 55.7 Å². The number of benzene rings is 1. The third-order valence-corrected chi connectivity index (χ3v) is 6.46. The molecule has 0 radical (unpaired) electrons. The molecule has 3 heterocycles. The first-order chi connectivity index (χ1) is 10.6. The fraction of sp³-hybridized carbons (Fsp3) is 0.471. The van der Waals surface area contributed by atoms with Crippen LogP contribution < -0.4 is 0 Å². The Morgan fingerprint density at radius 2 is 2.18 bits per heavy atom. The van der Waals surface area contributed by atoms with E-state index in [9.17, 15) is 4.79 Å². The maximum absolute atomic E-state index is 12.6. The van der Waals surface area contributed by atoms with E-state index in [1.807, 2.05) is 48.1 Å². The lowest BCUT2D eigenvalue weighted by molar-refractivity contribution is 0.0452. The smallest absolute Gasteiger partial charge is 0.253 e. The molecule has 4 rings (SSSR count). The Morgan fingerprint density at radius 1 is 1.36 bits per heavy atom.